The molecule has 0 radical (unpaired) electrons. The summed E-state index contributed by atoms with van der Waals surface area (Å²) in [6, 6.07) is 6.81. The summed E-state index contributed by atoms with van der Waals surface area (Å²) in [4.78, 5) is 12.9. The van der Waals surface area contributed by atoms with Crippen LogP contribution in [0.1, 0.15) is 12.8 Å². The molecule has 1 N–H and O–H groups in total. The van der Waals surface area contributed by atoms with E-state index >= 15 is 0 Å². The van der Waals surface area contributed by atoms with Crippen molar-refractivity contribution in [3.8, 4) is 5.75 Å². The third-order valence-corrected chi connectivity index (χ3v) is 3.36. The van der Waals surface area contributed by atoms with E-state index in [-0.39, 0.29) is 6.04 Å². The SMILES string of the molecule is O=C(O)[C@H]1CCCN1CCOc1ccc(Cl)cc1. The maximum Gasteiger partial charge on any atom is 0.320 e. The van der Waals surface area contributed by atoms with Crippen LogP contribution in [0.25, 0.3) is 0 Å². The summed E-state index contributed by atoms with van der Waals surface area (Å²) in [6.45, 7) is 1.96. The van der Waals surface area contributed by atoms with Crippen LogP contribution in [-0.2, 0) is 4.79 Å². The van der Waals surface area contributed by atoms with Gasteiger partial charge in [0.15, 0.2) is 0 Å². The Morgan fingerprint density at radius 1 is 1.44 bits per heavy atom. The standard InChI is InChI=1S/C13H16ClNO3/c14-10-3-5-11(6-4-10)18-9-8-15-7-1-2-12(15)13(16)17/h3-6,12H,1-2,7-9H2,(H,16,17)/t12-/m1/s1. The predicted molar refractivity (Wildman–Crippen MR) is 69.2 cm³/mol. The zero-order chi connectivity index (χ0) is 13.0. The van der Waals surface area contributed by atoms with Gasteiger partial charge in [0.05, 0.1) is 0 Å². The Morgan fingerprint density at radius 2 is 2.17 bits per heavy atom. The summed E-state index contributed by atoms with van der Waals surface area (Å²) in [5, 5.41) is 9.71. The van der Waals surface area contributed by atoms with Gasteiger partial charge >= 0.3 is 5.97 Å². The lowest BCUT2D eigenvalue weighted by Gasteiger charge is -2.20. The Morgan fingerprint density at radius 3 is 2.83 bits per heavy atom. The van der Waals surface area contributed by atoms with Crippen LogP contribution in [0.4, 0.5) is 0 Å². The van der Waals surface area contributed by atoms with Crippen LogP contribution in [-0.4, -0.2) is 41.7 Å². The lowest BCUT2D eigenvalue weighted by molar-refractivity contribution is -0.142. The second-order valence-corrected chi connectivity index (χ2v) is 4.77. The third-order valence-electron chi connectivity index (χ3n) is 3.11. The van der Waals surface area contributed by atoms with Crippen LogP contribution >= 0.6 is 11.6 Å². The van der Waals surface area contributed by atoms with Gasteiger partial charge in [-0.15, -0.1) is 0 Å². The Balaban J connectivity index is 1.78. The van der Waals surface area contributed by atoms with Crippen molar-refractivity contribution in [1.29, 1.82) is 0 Å². The average Bonchev–Trinajstić information content (AvgIpc) is 2.80. The Bertz CT molecular complexity index is 407. The first kappa shape index (κ1) is 13.2. The molecule has 1 aromatic rings. The van der Waals surface area contributed by atoms with Gasteiger partial charge < -0.3 is 9.84 Å². The highest BCUT2D eigenvalue weighted by Crippen LogP contribution is 2.18. The van der Waals surface area contributed by atoms with Crippen LogP contribution in [0.2, 0.25) is 5.02 Å². The maximum absolute atomic E-state index is 11.0. The number of carboxylic acids is 1. The van der Waals surface area contributed by atoms with E-state index in [2.05, 4.69) is 0 Å². The Labute approximate surface area is 111 Å². The number of halogens is 1. The molecule has 1 aromatic carbocycles. The molecule has 4 nitrogen and oxygen atoms in total. The molecule has 5 heteroatoms. The third kappa shape index (κ3) is 3.37. The number of aliphatic carboxylic acids is 1. The molecule has 1 aliphatic heterocycles. The van der Waals surface area contributed by atoms with E-state index in [1.165, 1.54) is 0 Å². The lowest BCUT2D eigenvalue weighted by atomic mass is 10.2. The van der Waals surface area contributed by atoms with Gasteiger partial charge in [-0.2, -0.15) is 0 Å². The number of likely N-dealkylation sites (tertiary alicyclic amines) is 1. The van der Waals surface area contributed by atoms with E-state index in [0.29, 0.717) is 18.2 Å². The van der Waals surface area contributed by atoms with Gasteiger partial charge in [0, 0.05) is 11.6 Å². The molecule has 1 saturated heterocycles. The van der Waals surface area contributed by atoms with E-state index in [1.807, 2.05) is 4.90 Å². The highest BCUT2D eigenvalue weighted by molar-refractivity contribution is 6.30. The fourth-order valence-corrected chi connectivity index (χ4v) is 2.31. The number of ether oxygens (including phenoxy) is 1. The van der Waals surface area contributed by atoms with Gasteiger partial charge in [-0.25, -0.2) is 0 Å². The van der Waals surface area contributed by atoms with Gasteiger partial charge in [0.1, 0.15) is 18.4 Å². The largest absolute Gasteiger partial charge is 0.492 e. The van der Waals surface area contributed by atoms with E-state index in [4.69, 9.17) is 21.4 Å². The smallest absolute Gasteiger partial charge is 0.320 e. The molecular formula is C13H16ClNO3. The van der Waals surface area contributed by atoms with Crippen molar-refractivity contribution in [2.45, 2.75) is 18.9 Å². The molecular weight excluding hydrogens is 254 g/mol. The van der Waals surface area contributed by atoms with Gasteiger partial charge in [-0.1, -0.05) is 11.6 Å². The zero-order valence-corrected chi connectivity index (χ0v) is 10.8. The highest BCUT2D eigenvalue weighted by Gasteiger charge is 2.29. The second kappa shape index (κ2) is 6.07. The van der Waals surface area contributed by atoms with Gasteiger partial charge in [-0.3, -0.25) is 9.69 Å². The van der Waals surface area contributed by atoms with E-state index in [1.54, 1.807) is 24.3 Å². The number of carbonyl (C=O) groups is 1. The first-order chi connectivity index (χ1) is 8.66. The minimum Gasteiger partial charge on any atom is -0.492 e. The molecule has 1 fully saturated rings. The molecule has 18 heavy (non-hydrogen) atoms. The van der Waals surface area contributed by atoms with Crippen molar-refractivity contribution in [2.75, 3.05) is 19.7 Å². The van der Waals surface area contributed by atoms with Gasteiger partial charge in [-0.05, 0) is 43.7 Å². The molecule has 2 rings (SSSR count). The Kier molecular flexibility index (Phi) is 4.44. The summed E-state index contributed by atoms with van der Waals surface area (Å²) in [6.07, 6.45) is 1.67. The van der Waals surface area contributed by atoms with Crippen LogP contribution in [0.15, 0.2) is 24.3 Å². The molecule has 98 valence electrons. The Hall–Kier alpha value is -1.26. The van der Waals surface area contributed by atoms with Crippen molar-refractivity contribution >= 4 is 17.6 Å². The van der Waals surface area contributed by atoms with Crippen molar-refractivity contribution in [2.24, 2.45) is 0 Å². The number of rotatable bonds is 5. The highest BCUT2D eigenvalue weighted by atomic mass is 35.5. The van der Waals surface area contributed by atoms with Gasteiger partial charge in [0.25, 0.3) is 0 Å². The molecule has 0 saturated carbocycles. The summed E-state index contributed by atoms with van der Waals surface area (Å²) in [5.41, 5.74) is 0. The number of hydrogen-bond donors (Lipinski definition) is 1. The summed E-state index contributed by atoms with van der Waals surface area (Å²) in [5.74, 6) is 0.0180. The van der Waals surface area contributed by atoms with Crippen molar-refractivity contribution in [3.63, 3.8) is 0 Å². The molecule has 1 heterocycles. The fraction of sp³-hybridized carbons (Fsp3) is 0.462. The van der Waals surface area contributed by atoms with Crippen LogP contribution < -0.4 is 4.74 Å². The van der Waals surface area contributed by atoms with Crippen molar-refractivity contribution < 1.29 is 14.6 Å². The van der Waals surface area contributed by atoms with Crippen LogP contribution in [0, 0.1) is 0 Å². The normalized spacial score (nSPS) is 19.9. The maximum atomic E-state index is 11.0. The van der Waals surface area contributed by atoms with Crippen LogP contribution in [0.3, 0.4) is 0 Å². The quantitative estimate of drug-likeness (QED) is 0.891. The second-order valence-electron chi connectivity index (χ2n) is 4.33. The molecule has 0 aromatic heterocycles. The van der Waals surface area contributed by atoms with E-state index < -0.39 is 5.97 Å². The van der Waals surface area contributed by atoms with E-state index in [0.717, 1.165) is 25.1 Å². The molecule has 0 amide bonds. The fourth-order valence-electron chi connectivity index (χ4n) is 2.19. The summed E-state index contributed by atoms with van der Waals surface area (Å²) < 4.78 is 5.56. The van der Waals surface area contributed by atoms with Crippen molar-refractivity contribution in [1.82, 2.24) is 4.90 Å². The minimum atomic E-state index is -0.737. The van der Waals surface area contributed by atoms with Crippen LogP contribution in [0.5, 0.6) is 5.75 Å². The predicted octanol–water partition coefficient (Wildman–Crippen LogP) is 2.27. The number of carboxylic acid groups (broad SMARTS) is 1. The average molecular weight is 270 g/mol. The number of benzene rings is 1. The minimum absolute atomic E-state index is 0.348. The molecule has 1 aliphatic rings. The molecule has 0 aliphatic carbocycles. The zero-order valence-electron chi connectivity index (χ0n) is 10.0. The first-order valence-electron chi connectivity index (χ1n) is 6.02. The first-order valence-corrected chi connectivity index (χ1v) is 6.40. The number of hydrogen-bond acceptors (Lipinski definition) is 3. The molecule has 1 atom stereocenters. The lowest BCUT2D eigenvalue weighted by Crippen LogP contribution is -2.38. The molecule has 0 bridgehead atoms. The number of nitrogens with zero attached hydrogens (tertiary/aromatic N) is 1. The van der Waals surface area contributed by atoms with E-state index in [9.17, 15) is 4.79 Å². The molecule has 0 spiro atoms. The summed E-state index contributed by atoms with van der Waals surface area (Å²) in [7, 11) is 0. The summed E-state index contributed by atoms with van der Waals surface area (Å²) >= 11 is 5.77. The molecule has 0 unspecified atom stereocenters. The van der Waals surface area contributed by atoms with Gasteiger partial charge in [0.2, 0.25) is 0 Å². The van der Waals surface area contributed by atoms with Crippen molar-refractivity contribution in [3.05, 3.63) is 29.3 Å². The monoisotopic (exact) mass is 269 g/mol. The topological polar surface area (TPSA) is 49.8 Å².